The van der Waals surface area contributed by atoms with Gasteiger partial charge in [-0.05, 0) is 33.0 Å². The quantitative estimate of drug-likeness (QED) is 0.535. The Morgan fingerprint density at radius 2 is 1.81 bits per heavy atom. The van der Waals surface area contributed by atoms with E-state index in [-0.39, 0.29) is 5.91 Å². The van der Waals surface area contributed by atoms with Gasteiger partial charge >= 0.3 is 0 Å². The minimum absolute atomic E-state index is 0.0666. The Hall–Kier alpha value is -0.690. The molecule has 1 rings (SSSR count). The molecule has 6 heteroatoms. The van der Waals surface area contributed by atoms with E-state index in [2.05, 4.69) is 15.5 Å². The van der Waals surface area contributed by atoms with Crippen molar-refractivity contribution in [3.05, 3.63) is 0 Å². The van der Waals surface area contributed by atoms with Gasteiger partial charge < -0.3 is 25.0 Å². The minimum Gasteiger partial charge on any atom is -0.378 e. The van der Waals surface area contributed by atoms with E-state index in [0.29, 0.717) is 38.8 Å². The molecular weight excluding hydrogens is 270 g/mol. The minimum atomic E-state index is 0.0666. The first kappa shape index (κ1) is 18.4. The summed E-state index contributed by atoms with van der Waals surface area (Å²) >= 11 is 0. The third-order valence-corrected chi connectivity index (χ3v) is 3.81. The number of likely N-dealkylation sites (tertiary alicyclic amines) is 1. The fourth-order valence-corrected chi connectivity index (χ4v) is 2.35. The molecule has 0 bridgehead atoms. The van der Waals surface area contributed by atoms with Crippen molar-refractivity contribution in [1.29, 1.82) is 0 Å². The molecule has 1 heterocycles. The van der Waals surface area contributed by atoms with Crippen molar-refractivity contribution in [3.63, 3.8) is 0 Å². The molecular formula is C15H31N3O3. The molecule has 0 radical (unpaired) electrons. The number of carbonyl (C=O) groups is 1. The molecule has 1 saturated heterocycles. The highest BCUT2D eigenvalue weighted by Crippen LogP contribution is 2.08. The van der Waals surface area contributed by atoms with Crippen molar-refractivity contribution in [2.75, 3.05) is 59.7 Å². The van der Waals surface area contributed by atoms with Crippen molar-refractivity contribution in [1.82, 2.24) is 15.5 Å². The third kappa shape index (κ3) is 9.03. The standard InChI is InChI=1S/C15H31N3O3/c1-3-15(19)17-6-10-20-12-13-21-11-9-18-7-4-14(16-2)5-8-18/h14,16H,3-13H2,1-2H3,(H,17,19). The second-order valence-corrected chi connectivity index (χ2v) is 5.33. The van der Waals surface area contributed by atoms with Crippen LogP contribution in [0.5, 0.6) is 0 Å². The number of hydrogen-bond donors (Lipinski definition) is 2. The van der Waals surface area contributed by atoms with Crippen LogP contribution in [-0.2, 0) is 14.3 Å². The van der Waals surface area contributed by atoms with Crippen molar-refractivity contribution >= 4 is 5.91 Å². The molecule has 2 N–H and O–H groups in total. The number of amides is 1. The first-order valence-corrected chi connectivity index (χ1v) is 8.08. The molecule has 0 aromatic carbocycles. The molecule has 0 aromatic rings. The van der Waals surface area contributed by atoms with Crippen LogP contribution in [0.25, 0.3) is 0 Å². The maximum Gasteiger partial charge on any atom is 0.219 e. The highest BCUT2D eigenvalue weighted by atomic mass is 16.5. The highest BCUT2D eigenvalue weighted by Gasteiger charge is 2.16. The van der Waals surface area contributed by atoms with E-state index < -0.39 is 0 Å². The summed E-state index contributed by atoms with van der Waals surface area (Å²) in [5, 5.41) is 6.10. The summed E-state index contributed by atoms with van der Waals surface area (Å²) in [4.78, 5) is 13.4. The molecule has 1 fully saturated rings. The van der Waals surface area contributed by atoms with Gasteiger partial charge in [-0.3, -0.25) is 4.79 Å². The van der Waals surface area contributed by atoms with Gasteiger partial charge in [0.2, 0.25) is 5.91 Å². The van der Waals surface area contributed by atoms with Crippen LogP contribution >= 0.6 is 0 Å². The van der Waals surface area contributed by atoms with E-state index >= 15 is 0 Å². The zero-order valence-corrected chi connectivity index (χ0v) is 13.5. The monoisotopic (exact) mass is 301 g/mol. The maximum absolute atomic E-state index is 11.0. The highest BCUT2D eigenvalue weighted by molar-refractivity contribution is 5.75. The first-order valence-electron chi connectivity index (χ1n) is 8.08. The third-order valence-electron chi connectivity index (χ3n) is 3.81. The zero-order valence-electron chi connectivity index (χ0n) is 13.5. The summed E-state index contributed by atoms with van der Waals surface area (Å²) in [7, 11) is 2.04. The average molecular weight is 301 g/mol. The normalized spacial score (nSPS) is 17.0. The van der Waals surface area contributed by atoms with E-state index in [1.807, 2.05) is 14.0 Å². The Balaban J connectivity index is 1.82. The van der Waals surface area contributed by atoms with Crippen LogP contribution in [0.3, 0.4) is 0 Å². The predicted octanol–water partition coefficient (Wildman–Crippen LogP) is 0.230. The topological polar surface area (TPSA) is 62.8 Å². The molecule has 0 atom stereocenters. The van der Waals surface area contributed by atoms with Gasteiger partial charge in [0.1, 0.15) is 0 Å². The molecule has 1 amide bonds. The van der Waals surface area contributed by atoms with Crippen molar-refractivity contribution in [2.45, 2.75) is 32.2 Å². The van der Waals surface area contributed by atoms with Crippen LogP contribution < -0.4 is 10.6 Å². The van der Waals surface area contributed by atoms with Crippen LogP contribution in [0.1, 0.15) is 26.2 Å². The molecule has 0 saturated carbocycles. The van der Waals surface area contributed by atoms with Gasteiger partial charge in [0.05, 0.1) is 26.4 Å². The van der Waals surface area contributed by atoms with Crippen molar-refractivity contribution < 1.29 is 14.3 Å². The number of nitrogens with one attached hydrogen (secondary N) is 2. The Bertz CT molecular complexity index is 269. The Morgan fingerprint density at radius 3 is 2.43 bits per heavy atom. The molecule has 124 valence electrons. The number of rotatable bonds is 11. The molecule has 1 aliphatic heterocycles. The van der Waals surface area contributed by atoms with Crippen LogP contribution in [-0.4, -0.2) is 76.5 Å². The first-order chi connectivity index (χ1) is 10.3. The van der Waals surface area contributed by atoms with Gasteiger partial charge in [0.25, 0.3) is 0 Å². The fourth-order valence-electron chi connectivity index (χ4n) is 2.35. The van der Waals surface area contributed by atoms with Crippen LogP contribution in [0.4, 0.5) is 0 Å². The van der Waals surface area contributed by atoms with Crippen molar-refractivity contribution in [3.8, 4) is 0 Å². The Kier molecular flexibility index (Phi) is 10.4. The number of carbonyl (C=O) groups excluding carboxylic acids is 1. The lowest BCUT2D eigenvalue weighted by Gasteiger charge is -2.31. The second kappa shape index (κ2) is 11.9. The van der Waals surface area contributed by atoms with E-state index in [9.17, 15) is 4.79 Å². The number of hydrogen-bond acceptors (Lipinski definition) is 5. The Morgan fingerprint density at radius 1 is 1.14 bits per heavy atom. The molecule has 0 spiro atoms. The smallest absolute Gasteiger partial charge is 0.219 e. The number of nitrogens with zero attached hydrogens (tertiary/aromatic N) is 1. The Labute approximate surface area is 128 Å². The predicted molar refractivity (Wildman–Crippen MR) is 83.5 cm³/mol. The molecule has 0 aromatic heterocycles. The second-order valence-electron chi connectivity index (χ2n) is 5.33. The van der Waals surface area contributed by atoms with Crippen molar-refractivity contribution in [2.24, 2.45) is 0 Å². The summed E-state index contributed by atoms with van der Waals surface area (Å²) < 4.78 is 11.0. The van der Waals surface area contributed by atoms with E-state index in [1.165, 1.54) is 12.8 Å². The average Bonchev–Trinajstić information content (AvgIpc) is 2.53. The lowest BCUT2D eigenvalue weighted by molar-refractivity contribution is -0.121. The van der Waals surface area contributed by atoms with E-state index in [0.717, 1.165) is 26.2 Å². The van der Waals surface area contributed by atoms with Gasteiger partial charge in [-0.2, -0.15) is 0 Å². The molecule has 0 aliphatic carbocycles. The summed E-state index contributed by atoms with van der Waals surface area (Å²) in [5.74, 6) is 0.0666. The summed E-state index contributed by atoms with van der Waals surface area (Å²) in [6.45, 7) is 8.25. The van der Waals surface area contributed by atoms with Gasteiger partial charge in [-0.1, -0.05) is 6.92 Å². The molecule has 6 nitrogen and oxygen atoms in total. The largest absolute Gasteiger partial charge is 0.378 e. The van der Waals surface area contributed by atoms with E-state index in [4.69, 9.17) is 9.47 Å². The summed E-state index contributed by atoms with van der Waals surface area (Å²) in [6.07, 6.45) is 2.97. The van der Waals surface area contributed by atoms with Crippen LogP contribution in [0.2, 0.25) is 0 Å². The summed E-state index contributed by atoms with van der Waals surface area (Å²) in [6, 6.07) is 0.684. The fraction of sp³-hybridized carbons (Fsp3) is 0.933. The lowest BCUT2D eigenvalue weighted by atomic mass is 10.1. The van der Waals surface area contributed by atoms with Crippen LogP contribution in [0.15, 0.2) is 0 Å². The number of ether oxygens (including phenoxy) is 2. The molecule has 21 heavy (non-hydrogen) atoms. The molecule has 0 unspecified atom stereocenters. The lowest BCUT2D eigenvalue weighted by Crippen LogP contribution is -2.42. The summed E-state index contributed by atoms with van der Waals surface area (Å²) in [5.41, 5.74) is 0. The number of piperidine rings is 1. The van der Waals surface area contributed by atoms with Gasteiger partial charge in [-0.15, -0.1) is 0 Å². The zero-order chi connectivity index (χ0) is 15.3. The van der Waals surface area contributed by atoms with Gasteiger partial charge in [-0.25, -0.2) is 0 Å². The van der Waals surface area contributed by atoms with Gasteiger partial charge in [0.15, 0.2) is 0 Å². The van der Waals surface area contributed by atoms with E-state index in [1.54, 1.807) is 0 Å². The van der Waals surface area contributed by atoms with Gasteiger partial charge in [0, 0.05) is 25.6 Å². The SMILES string of the molecule is CCC(=O)NCCOCCOCCN1CCC(NC)CC1. The maximum atomic E-state index is 11.0. The molecule has 1 aliphatic rings. The van der Waals surface area contributed by atoms with Crippen LogP contribution in [0, 0.1) is 0 Å².